The van der Waals surface area contributed by atoms with E-state index in [-0.39, 0.29) is 12.1 Å². The Labute approximate surface area is 196 Å². The van der Waals surface area contributed by atoms with Gasteiger partial charge in [0.15, 0.2) is 0 Å². The Kier molecular flexibility index (Phi) is 6.67. The van der Waals surface area contributed by atoms with Crippen LogP contribution in [-0.2, 0) is 17.8 Å². The maximum Gasteiger partial charge on any atom is 0.409 e. The van der Waals surface area contributed by atoms with Crippen molar-refractivity contribution in [1.29, 1.82) is 0 Å². The standard InChI is InChI=1S/C24H28F3N5O2/c1-16-5-4-6-20(17(16)2)32-10-8-18-19(15-32)28-23(34-3)29-22(18)31-13-11-30(12-14-31)21(33)7-9-24(25,26)27/h4-7,9H,8,10-15H2,1-3H3/b9-7+. The van der Waals surface area contributed by atoms with Crippen molar-refractivity contribution in [3.05, 3.63) is 52.7 Å². The van der Waals surface area contributed by atoms with Crippen molar-refractivity contribution in [3.63, 3.8) is 0 Å². The van der Waals surface area contributed by atoms with E-state index in [9.17, 15) is 18.0 Å². The molecule has 1 fully saturated rings. The lowest BCUT2D eigenvalue weighted by atomic mass is 10.0. The number of hydrogen-bond donors (Lipinski definition) is 0. The second-order valence-electron chi connectivity index (χ2n) is 8.54. The number of hydrogen-bond acceptors (Lipinski definition) is 6. The van der Waals surface area contributed by atoms with Crippen molar-refractivity contribution in [2.45, 2.75) is 33.0 Å². The molecule has 1 saturated heterocycles. The zero-order valence-corrected chi connectivity index (χ0v) is 19.5. The van der Waals surface area contributed by atoms with Crippen molar-refractivity contribution < 1.29 is 22.7 Å². The number of nitrogens with zero attached hydrogens (tertiary/aromatic N) is 5. The van der Waals surface area contributed by atoms with E-state index < -0.39 is 12.1 Å². The average molecular weight is 476 g/mol. The second kappa shape index (κ2) is 9.52. The third-order valence-electron chi connectivity index (χ3n) is 6.43. The van der Waals surface area contributed by atoms with Crippen LogP contribution in [0.4, 0.5) is 24.7 Å². The Hall–Kier alpha value is -3.30. The summed E-state index contributed by atoms with van der Waals surface area (Å²) in [6.07, 6.45) is -3.17. The van der Waals surface area contributed by atoms with Crippen molar-refractivity contribution in [1.82, 2.24) is 14.9 Å². The third-order valence-corrected chi connectivity index (χ3v) is 6.43. The van der Waals surface area contributed by atoms with Crippen LogP contribution in [0.15, 0.2) is 30.4 Å². The van der Waals surface area contributed by atoms with E-state index in [1.807, 2.05) is 0 Å². The first-order valence-electron chi connectivity index (χ1n) is 11.2. The fraction of sp³-hybridized carbons (Fsp3) is 0.458. The first-order valence-corrected chi connectivity index (χ1v) is 11.2. The molecule has 0 aliphatic carbocycles. The molecule has 10 heteroatoms. The summed E-state index contributed by atoms with van der Waals surface area (Å²) in [7, 11) is 1.53. The van der Waals surface area contributed by atoms with E-state index in [2.05, 4.69) is 51.8 Å². The number of halogens is 3. The highest BCUT2D eigenvalue weighted by Crippen LogP contribution is 2.33. The summed E-state index contributed by atoms with van der Waals surface area (Å²) >= 11 is 0. The van der Waals surface area contributed by atoms with Crippen LogP contribution in [0.1, 0.15) is 22.4 Å². The number of aryl methyl sites for hydroxylation is 1. The van der Waals surface area contributed by atoms with Crippen molar-refractivity contribution in [2.75, 3.05) is 49.6 Å². The van der Waals surface area contributed by atoms with Gasteiger partial charge < -0.3 is 19.4 Å². The molecule has 0 spiro atoms. The minimum Gasteiger partial charge on any atom is -0.467 e. The summed E-state index contributed by atoms with van der Waals surface area (Å²) < 4.78 is 42.5. The number of piperazine rings is 1. The summed E-state index contributed by atoms with van der Waals surface area (Å²) in [6.45, 7) is 7.25. The quantitative estimate of drug-likeness (QED) is 0.632. The van der Waals surface area contributed by atoms with Crippen LogP contribution < -0.4 is 14.5 Å². The highest BCUT2D eigenvalue weighted by molar-refractivity contribution is 5.87. The fourth-order valence-electron chi connectivity index (χ4n) is 4.44. The molecular weight excluding hydrogens is 447 g/mol. The van der Waals surface area contributed by atoms with Gasteiger partial charge in [-0.2, -0.15) is 23.1 Å². The number of fused-ring (bicyclic) bond motifs is 1. The van der Waals surface area contributed by atoms with Crippen LogP contribution in [0.5, 0.6) is 6.01 Å². The maximum absolute atomic E-state index is 12.4. The lowest BCUT2D eigenvalue weighted by Gasteiger charge is -2.38. The van der Waals surface area contributed by atoms with E-state index in [4.69, 9.17) is 4.74 Å². The second-order valence-corrected chi connectivity index (χ2v) is 8.54. The Bertz CT molecular complexity index is 1090. The molecule has 4 rings (SSSR count). The van der Waals surface area contributed by atoms with E-state index >= 15 is 0 Å². The molecule has 2 aromatic rings. The molecule has 1 amide bonds. The van der Waals surface area contributed by atoms with Gasteiger partial charge in [-0.05, 0) is 37.5 Å². The molecule has 0 atom stereocenters. The lowest BCUT2D eigenvalue weighted by Crippen LogP contribution is -2.49. The van der Waals surface area contributed by atoms with Crippen molar-refractivity contribution in [3.8, 4) is 6.01 Å². The van der Waals surface area contributed by atoms with Gasteiger partial charge in [-0.25, -0.2) is 0 Å². The number of carbonyl (C=O) groups is 1. The first-order chi connectivity index (χ1) is 16.2. The number of ether oxygens (including phenoxy) is 1. The highest BCUT2D eigenvalue weighted by Gasteiger charge is 2.29. The molecule has 3 heterocycles. The monoisotopic (exact) mass is 475 g/mol. The van der Waals surface area contributed by atoms with Gasteiger partial charge in [-0.1, -0.05) is 12.1 Å². The number of alkyl halides is 3. The zero-order valence-electron chi connectivity index (χ0n) is 19.5. The Morgan fingerprint density at radius 3 is 2.47 bits per heavy atom. The van der Waals surface area contributed by atoms with E-state index in [0.717, 1.165) is 30.0 Å². The normalized spacial score (nSPS) is 16.7. The van der Waals surface area contributed by atoms with E-state index in [0.29, 0.717) is 38.8 Å². The van der Waals surface area contributed by atoms with E-state index in [1.54, 1.807) is 0 Å². The number of anilines is 2. The lowest BCUT2D eigenvalue weighted by molar-refractivity contribution is -0.127. The smallest absolute Gasteiger partial charge is 0.409 e. The van der Waals surface area contributed by atoms with Crippen LogP contribution in [0.3, 0.4) is 0 Å². The maximum atomic E-state index is 12.4. The molecule has 7 nitrogen and oxygen atoms in total. The fourth-order valence-corrected chi connectivity index (χ4v) is 4.44. The van der Waals surface area contributed by atoms with E-state index in [1.165, 1.54) is 28.8 Å². The van der Waals surface area contributed by atoms with Crippen LogP contribution in [-0.4, -0.2) is 66.8 Å². The third kappa shape index (κ3) is 5.10. The van der Waals surface area contributed by atoms with Crippen LogP contribution in [0.25, 0.3) is 0 Å². The van der Waals surface area contributed by atoms with Gasteiger partial charge in [-0.15, -0.1) is 0 Å². The van der Waals surface area contributed by atoms with Gasteiger partial charge in [0, 0.05) is 56.1 Å². The molecule has 1 aromatic carbocycles. The predicted octanol–water partition coefficient (Wildman–Crippen LogP) is 3.43. The zero-order chi connectivity index (χ0) is 24.5. The minimum atomic E-state index is -4.50. The van der Waals surface area contributed by atoms with Crippen LogP contribution in [0.2, 0.25) is 0 Å². The Morgan fingerprint density at radius 1 is 1.06 bits per heavy atom. The van der Waals surface area contributed by atoms with Gasteiger partial charge in [0.1, 0.15) is 5.82 Å². The van der Waals surface area contributed by atoms with Gasteiger partial charge in [0.05, 0.1) is 19.3 Å². The molecule has 2 aliphatic heterocycles. The SMILES string of the molecule is COc1nc2c(c(N3CCN(C(=O)/C=C/C(F)(F)F)CC3)n1)CCN(c1cccc(C)c1C)C2. The minimum absolute atomic E-state index is 0.0188. The Morgan fingerprint density at radius 2 is 1.79 bits per heavy atom. The summed E-state index contributed by atoms with van der Waals surface area (Å²) in [5, 5.41) is 0. The van der Waals surface area contributed by atoms with Crippen molar-refractivity contribution in [2.24, 2.45) is 0 Å². The number of benzene rings is 1. The van der Waals surface area contributed by atoms with Crippen molar-refractivity contribution >= 4 is 17.4 Å². The summed E-state index contributed by atoms with van der Waals surface area (Å²) in [5.74, 6) is 0.142. The van der Waals surface area contributed by atoms with Crippen LogP contribution >= 0.6 is 0 Å². The number of carbonyl (C=O) groups excluding carboxylic acids is 1. The molecular formula is C24H28F3N5O2. The molecule has 0 bridgehead atoms. The highest BCUT2D eigenvalue weighted by atomic mass is 19.4. The summed E-state index contributed by atoms with van der Waals surface area (Å²) in [5.41, 5.74) is 5.62. The number of methoxy groups -OCH3 is 1. The largest absolute Gasteiger partial charge is 0.467 e. The molecule has 1 aromatic heterocycles. The number of amides is 1. The molecule has 0 saturated carbocycles. The van der Waals surface area contributed by atoms with Gasteiger partial charge >= 0.3 is 12.2 Å². The number of allylic oxidation sites excluding steroid dienone is 1. The first kappa shape index (κ1) is 23.8. The molecule has 34 heavy (non-hydrogen) atoms. The summed E-state index contributed by atoms with van der Waals surface area (Å²) in [4.78, 5) is 27.1. The summed E-state index contributed by atoms with van der Waals surface area (Å²) in [6, 6.07) is 6.56. The molecule has 0 radical (unpaired) electrons. The molecule has 182 valence electrons. The van der Waals surface area contributed by atoms with Gasteiger partial charge in [0.2, 0.25) is 5.91 Å². The number of rotatable bonds is 4. The Balaban J connectivity index is 1.52. The number of aromatic nitrogens is 2. The molecule has 0 unspecified atom stereocenters. The topological polar surface area (TPSA) is 61.8 Å². The van der Waals surface area contributed by atoms with Crippen LogP contribution in [0, 0.1) is 13.8 Å². The van der Waals surface area contributed by atoms with Gasteiger partial charge in [0.25, 0.3) is 0 Å². The predicted molar refractivity (Wildman–Crippen MR) is 123 cm³/mol. The molecule has 0 N–H and O–H groups in total. The van der Waals surface area contributed by atoms with Gasteiger partial charge in [-0.3, -0.25) is 4.79 Å². The average Bonchev–Trinajstić information content (AvgIpc) is 2.82. The molecule has 2 aliphatic rings.